The van der Waals surface area contributed by atoms with Crippen LogP contribution < -0.4 is 4.74 Å². The van der Waals surface area contributed by atoms with E-state index in [1.807, 2.05) is 59.5 Å². The Kier molecular flexibility index (Phi) is 6.12. The molecular weight excluding hydrogens is 420 g/mol. The highest BCUT2D eigenvalue weighted by Gasteiger charge is 2.16. The summed E-state index contributed by atoms with van der Waals surface area (Å²) in [6.45, 7) is 4.10. The van der Waals surface area contributed by atoms with Crippen molar-refractivity contribution in [3.05, 3.63) is 67.1 Å². The van der Waals surface area contributed by atoms with Crippen molar-refractivity contribution in [3.63, 3.8) is 0 Å². The molecule has 0 bridgehead atoms. The molecule has 1 atom stereocenters. The molecule has 2 aromatic carbocycles. The van der Waals surface area contributed by atoms with Crippen LogP contribution >= 0.6 is 0 Å². The van der Waals surface area contributed by atoms with Crippen LogP contribution in [-0.2, 0) is 11.2 Å². The molecular formula is C25H27N4O2S+. The molecule has 6 nitrogen and oxygen atoms in total. The molecule has 1 unspecified atom stereocenters. The molecule has 1 aliphatic heterocycles. The topological polar surface area (TPSA) is 62.9 Å². The van der Waals surface area contributed by atoms with Crippen LogP contribution in [0, 0.1) is 0 Å². The average molecular weight is 448 g/mol. The molecule has 0 spiro atoms. The van der Waals surface area contributed by atoms with Gasteiger partial charge in [-0.3, -0.25) is 4.90 Å². The molecule has 0 aliphatic carbocycles. The van der Waals surface area contributed by atoms with Gasteiger partial charge in [-0.2, -0.15) is 9.65 Å². The van der Waals surface area contributed by atoms with Crippen LogP contribution in [0.1, 0.15) is 12.8 Å². The number of aromatic nitrogens is 3. The van der Waals surface area contributed by atoms with E-state index in [-0.39, 0.29) is 0 Å². The predicted octanol–water partition coefficient (Wildman–Crippen LogP) is 4.62. The summed E-state index contributed by atoms with van der Waals surface area (Å²) in [4.78, 5) is 8.04. The van der Waals surface area contributed by atoms with Gasteiger partial charge in [0.25, 0.3) is 0 Å². The monoisotopic (exact) mass is 447 g/mol. The fourth-order valence-corrected chi connectivity index (χ4v) is 4.69. The van der Waals surface area contributed by atoms with E-state index >= 15 is 0 Å². The summed E-state index contributed by atoms with van der Waals surface area (Å²) in [7, 11) is 0. The second-order valence-corrected chi connectivity index (χ2v) is 9.52. The SMILES string of the molecule is C[S+](O)c1cccc(-c2cnn3cc(-c4ccc(OCCN5CCCC5)cc4)cnc23)c1. The third kappa shape index (κ3) is 4.50. The molecule has 4 aromatic rings. The molecule has 1 saturated heterocycles. The molecule has 2 aromatic heterocycles. The van der Waals surface area contributed by atoms with Crippen molar-refractivity contribution < 1.29 is 9.29 Å². The molecule has 0 amide bonds. The maximum Gasteiger partial charge on any atom is 0.190 e. The van der Waals surface area contributed by atoms with Crippen molar-refractivity contribution in [3.8, 4) is 28.0 Å². The van der Waals surface area contributed by atoms with Gasteiger partial charge in [-0.1, -0.05) is 24.3 Å². The van der Waals surface area contributed by atoms with Crippen LogP contribution in [0.15, 0.2) is 72.0 Å². The van der Waals surface area contributed by atoms with Crippen molar-refractivity contribution in [2.75, 3.05) is 32.5 Å². The number of benzene rings is 2. The van der Waals surface area contributed by atoms with Crippen LogP contribution in [0.4, 0.5) is 0 Å². The van der Waals surface area contributed by atoms with Crippen molar-refractivity contribution in [2.24, 2.45) is 0 Å². The fraction of sp³-hybridized carbons (Fsp3) is 0.280. The number of hydrogen-bond donors (Lipinski definition) is 1. The first-order chi connectivity index (χ1) is 15.7. The number of hydrogen-bond acceptors (Lipinski definition) is 5. The lowest BCUT2D eigenvalue weighted by Gasteiger charge is -2.15. The van der Waals surface area contributed by atoms with E-state index in [1.165, 1.54) is 25.9 Å². The summed E-state index contributed by atoms with van der Waals surface area (Å²) >= 11 is -0.779. The smallest absolute Gasteiger partial charge is 0.190 e. The van der Waals surface area contributed by atoms with E-state index in [9.17, 15) is 4.55 Å². The first-order valence-electron chi connectivity index (χ1n) is 10.9. The van der Waals surface area contributed by atoms with Gasteiger partial charge in [0.15, 0.2) is 21.7 Å². The van der Waals surface area contributed by atoms with Gasteiger partial charge in [-0.15, -0.1) is 0 Å². The van der Waals surface area contributed by atoms with Crippen LogP contribution in [0.25, 0.3) is 27.9 Å². The maximum absolute atomic E-state index is 9.92. The molecule has 7 heteroatoms. The molecule has 1 fully saturated rings. The van der Waals surface area contributed by atoms with Gasteiger partial charge in [0.2, 0.25) is 0 Å². The Morgan fingerprint density at radius 1 is 1.00 bits per heavy atom. The first-order valence-corrected chi connectivity index (χ1v) is 12.5. The van der Waals surface area contributed by atoms with E-state index < -0.39 is 11.2 Å². The van der Waals surface area contributed by atoms with Gasteiger partial charge in [0.05, 0.1) is 6.20 Å². The number of fused-ring (bicyclic) bond motifs is 1. The molecule has 1 N–H and O–H groups in total. The number of likely N-dealkylation sites (tertiary alicyclic amines) is 1. The third-order valence-corrected chi connectivity index (χ3v) is 6.84. The highest BCUT2D eigenvalue weighted by molar-refractivity contribution is 7.90. The molecule has 3 heterocycles. The predicted molar refractivity (Wildman–Crippen MR) is 129 cm³/mol. The van der Waals surface area contributed by atoms with Gasteiger partial charge in [0.1, 0.15) is 18.6 Å². The number of nitrogens with zero attached hydrogens (tertiary/aromatic N) is 4. The zero-order chi connectivity index (χ0) is 21.9. The van der Waals surface area contributed by atoms with Crippen molar-refractivity contribution in [2.45, 2.75) is 17.7 Å². The molecule has 0 saturated carbocycles. The summed E-state index contributed by atoms with van der Waals surface area (Å²) in [5.41, 5.74) is 4.81. The number of ether oxygens (including phenoxy) is 1. The van der Waals surface area contributed by atoms with Crippen LogP contribution in [0.3, 0.4) is 0 Å². The van der Waals surface area contributed by atoms with E-state index in [4.69, 9.17) is 4.74 Å². The van der Waals surface area contributed by atoms with Gasteiger partial charge in [-0.25, -0.2) is 9.50 Å². The van der Waals surface area contributed by atoms with Crippen molar-refractivity contribution in [1.29, 1.82) is 0 Å². The molecule has 1 aliphatic rings. The van der Waals surface area contributed by atoms with Gasteiger partial charge >= 0.3 is 0 Å². The Hall–Kier alpha value is -2.87. The third-order valence-electron chi connectivity index (χ3n) is 5.91. The molecule has 32 heavy (non-hydrogen) atoms. The van der Waals surface area contributed by atoms with Gasteiger partial charge in [-0.05, 0) is 55.3 Å². The lowest BCUT2D eigenvalue weighted by Crippen LogP contribution is -2.25. The minimum absolute atomic E-state index is 0.722. The Bertz CT molecular complexity index is 1200. The van der Waals surface area contributed by atoms with Crippen LogP contribution in [0.2, 0.25) is 0 Å². The standard InChI is InChI=1S/C25H27N4O2S/c1-32(30)23-6-4-5-20(15-23)24-17-27-29-18-21(16-26-25(24)29)19-7-9-22(10-8-19)31-14-13-28-11-2-3-12-28/h4-10,15-18,30H,2-3,11-14H2,1H3/q+1. The zero-order valence-corrected chi connectivity index (χ0v) is 19.0. The van der Waals surface area contributed by atoms with Crippen molar-refractivity contribution >= 4 is 16.8 Å². The Morgan fingerprint density at radius 3 is 2.59 bits per heavy atom. The Morgan fingerprint density at radius 2 is 1.81 bits per heavy atom. The van der Waals surface area contributed by atoms with Crippen molar-refractivity contribution in [1.82, 2.24) is 19.5 Å². The van der Waals surface area contributed by atoms with Gasteiger partial charge < -0.3 is 4.74 Å². The Balaban J connectivity index is 1.31. The minimum Gasteiger partial charge on any atom is -0.492 e. The Labute approximate surface area is 191 Å². The van der Waals surface area contributed by atoms with Gasteiger partial charge in [0, 0.05) is 36.1 Å². The summed E-state index contributed by atoms with van der Waals surface area (Å²) in [5.74, 6) is 0.891. The molecule has 164 valence electrons. The van der Waals surface area contributed by atoms with Crippen LogP contribution in [0.5, 0.6) is 5.75 Å². The normalized spacial score (nSPS) is 15.3. The second kappa shape index (κ2) is 9.32. The fourth-order valence-electron chi connectivity index (χ4n) is 4.12. The largest absolute Gasteiger partial charge is 0.492 e. The van der Waals surface area contributed by atoms with E-state index in [2.05, 4.69) is 27.1 Å². The molecule has 5 rings (SSSR count). The quantitative estimate of drug-likeness (QED) is 0.419. The molecule has 0 radical (unpaired) electrons. The highest BCUT2D eigenvalue weighted by Crippen LogP contribution is 2.28. The van der Waals surface area contributed by atoms with E-state index in [0.29, 0.717) is 0 Å². The lowest BCUT2D eigenvalue weighted by atomic mass is 10.1. The van der Waals surface area contributed by atoms with E-state index in [1.54, 1.807) is 6.26 Å². The highest BCUT2D eigenvalue weighted by atomic mass is 32.2. The first kappa shape index (κ1) is 21.0. The summed E-state index contributed by atoms with van der Waals surface area (Å²) < 4.78 is 17.6. The lowest BCUT2D eigenvalue weighted by molar-refractivity contribution is 0.238. The minimum atomic E-state index is -0.779. The summed E-state index contributed by atoms with van der Waals surface area (Å²) in [6.07, 6.45) is 10.1. The average Bonchev–Trinajstić information content (AvgIpc) is 3.49. The van der Waals surface area contributed by atoms with E-state index in [0.717, 1.165) is 51.7 Å². The second-order valence-electron chi connectivity index (χ2n) is 8.10. The number of rotatable bonds is 7. The maximum atomic E-state index is 9.92. The van der Waals surface area contributed by atoms with Crippen LogP contribution in [-0.4, -0.2) is 56.5 Å². The zero-order valence-electron chi connectivity index (χ0n) is 18.1. The summed E-state index contributed by atoms with van der Waals surface area (Å²) in [5, 5.41) is 4.52. The summed E-state index contributed by atoms with van der Waals surface area (Å²) in [6, 6.07) is 16.1.